The first-order valence-corrected chi connectivity index (χ1v) is 7.13. The summed E-state index contributed by atoms with van der Waals surface area (Å²) in [5.41, 5.74) is 7.51. The van der Waals surface area contributed by atoms with Crippen molar-refractivity contribution >= 4 is 5.69 Å². The maximum Gasteiger partial charge on any atom is 0.249 e. The van der Waals surface area contributed by atoms with Crippen molar-refractivity contribution < 1.29 is 9.47 Å². The summed E-state index contributed by atoms with van der Waals surface area (Å²) in [4.78, 5) is 8.10. The van der Waals surface area contributed by atoms with Crippen LogP contribution in [0.5, 0.6) is 17.5 Å². The molecule has 0 unspecified atom stereocenters. The van der Waals surface area contributed by atoms with Crippen molar-refractivity contribution in [2.45, 2.75) is 33.1 Å². The maximum absolute atomic E-state index is 5.99. The van der Waals surface area contributed by atoms with Crippen LogP contribution in [-0.4, -0.2) is 16.6 Å². The first-order chi connectivity index (χ1) is 10.1. The first kappa shape index (κ1) is 15.1. The van der Waals surface area contributed by atoms with Crippen molar-refractivity contribution in [1.29, 1.82) is 0 Å². The molecule has 1 aromatic carbocycles. The van der Waals surface area contributed by atoms with Crippen molar-refractivity contribution in [1.82, 2.24) is 9.97 Å². The van der Waals surface area contributed by atoms with Crippen LogP contribution in [0.2, 0.25) is 0 Å². The Bertz CT molecular complexity index is 600. The summed E-state index contributed by atoms with van der Waals surface area (Å²) in [5, 5.41) is 0. The molecule has 21 heavy (non-hydrogen) atoms. The summed E-state index contributed by atoms with van der Waals surface area (Å²) in [7, 11) is 0. The highest BCUT2D eigenvalue weighted by atomic mass is 16.5. The van der Waals surface area contributed by atoms with Gasteiger partial charge in [-0.1, -0.05) is 32.9 Å². The van der Waals surface area contributed by atoms with E-state index in [9.17, 15) is 0 Å². The van der Waals surface area contributed by atoms with E-state index in [1.165, 1.54) is 11.9 Å². The topological polar surface area (TPSA) is 70.3 Å². The van der Waals surface area contributed by atoms with Crippen LogP contribution in [0.4, 0.5) is 5.69 Å². The van der Waals surface area contributed by atoms with Crippen LogP contribution in [0, 0.1) is 0 Å². The third-order valence-electron chi connectivity index (χ3n) is 2.99. The van der Waals surface area contributed by atoms with Gasteiger partial charge in [-0.3, -0.25) is 0 Å². The monoisotopic (exact) mass is 287 g/mol. The minimum Gasteiger partial charge on any atom is -0.476 e. The van der Waals surface area contributed by atoms with E-state index in [1.54, 1.807) is 0 Å². The SMILES string of the molecule is CCCOc1ncnc(Oc2cccc(C(C)C)c2)c1N. The number of hydrogen-bond acceptors (Lipinski definition) is 5. The van der Waals surface area contributed by atoms with E-state index in [0.29, 0.717) is 35.7 Å². The summed E-state index contributed by atoms with van der Waals surface area (Å²) in [5.74, 6) is 1.81. The molecule has 1 heterocycles. The van der Waals surface area contributed by atoms with Gasteiger partial charge in [0.2, 0.25) is 11.8 Å². The number of hydrogen-bond donors (Lipinski definition) is 1. The van der Waals surface area contributed by atoms with Crippen LogP contribution in [-0.2, 0) is 0 Å². The van der Waals surface area contributed by atoms with Gasteiger partial charge in [0, 0.05) is 0 Å². The fourth-order valence-corrected chi connectivity index (χ4v) is 1.81. The molecule has 2 aromatic rings. The number of nitrogen functional groups attached to an aromatic ring is 1. The Kier molecular flexibility index (Phi) is 4.98. The molecule has 2 N–H and O–H groups in total. The smallest absolute Gasteiger partial charge is 0.249 e. The molecule has 0 aliphatic carbocycles. The van der Waals surface area contributed by atoms with E-state index >= 15 is 0 Å². The average molecular weight is 287 g/mol. The zero-order valence-electron chi connectivity index (χ0n) is 12.7. The molecule has 0 saturated carbocycles. The van der Waals surface area contributed by atoms with Crippen LogP contribution in [0.3, 0.4) is 0 Å². The van der Waals surface area contributed by atoms with Crippen LogP contribution in [0.15, 0.2) is 30.6 Å². The van der Waals surface area contributed by atoms with E-state index in [4.69, 9.17) is 15.2 Å². The Morgan fingerprint density at radius 3 is 2.67 bits per heavy atom. The number of benzene rings is 1. The Morgan fingerprint density at radius 2 is 1.95 bits per heavy atom. The van der Waals surface area contributed by atoms with E-state index in [-0.39, 0.29) is 0 Å². The van der Waals surface area contributed by atoms with Crippen LogP contribution < -0.4 is 15.2 Å². The lowest BCUT2D eigenvalue weighted by molar-refractivity contribution is 0.304. The highest BCUT2D eigenvalue weighted by Crippen LogP contribution is 2.31. The minimum absolute atomic E-state index is 0.317. The molecule has 0 aliphatic heterocycles. The summed E-state index contributed by atoms with van der Waals surface area (Å²) in [6.45, 7) is 6.85. The van der Waals surface area contributed by atoms with E-state index < -0.39 is 0 Å². The lowest BCUT2D eigenvalue weighted by Gasteiger charge is -2.12. The standard InChI is InChI=1S/C16H21N3O2/c1-4-8-20-15-14(17)16(19-10-18-15)21-13-7-5-6-12(9-13)11(2)3/h5-7,9-11H,4,8,17H2,1-3H3. The second kappa shape index (κ2) is 6.92. The van der Waals surface area contributed by atoms with Gasteiger partial charge in [0.05, 0.1) is 6.61 Å². The Balaban J connectivity index is 2.21. The molecule has 0 amide bonds. The number of anilines is 1. The van der Waals surface area contributed by atoms with E-state index in [0.717, 1.165) is 6.42 Å². The van der Waals surface area contributed by atoms with Gasteiger partial charge in [0.25, 0.3) is 0 Å². The molecular formula is C16H21N3O2. The number of rotatable bonds is 6. The van der Waals surface area contributed by atoms with Crippen molar-refractivity contribution in [3.8, 4) is 17.5 Å². The lowest BCUT2D eigenvalue weighted by Crippen LogP contribution is -2.04. The Hall–Kier alpha value is -2.30. The van der Waals surface area contributed by atoms with Crippen molar-refractivity contribution in [2.75, 3.05) is 12.3 Å². The van der Waals surface area contributed by atoms with Crippen molar-refractivity contribution in [3.63, 3.8) is 0 Å². The van der Waals surface area contributed by atoms with Gasteiger partial charge < -0.3 is 15.2 Å². The highest BCUT2D eigenvalue weighted by Gasteiger charge is 2.12. The second-order valence-electron chi connectivity index (χ2n) is 5.08. The molecule has 0 atom stereocenters. The van der Waals surface area contributed by atoms with Gasteiger partial charge in [-0.25, -0.2) is 0 Å². The second-order valence-corrected chi connectivity index (χ2v) is 5.08. The molecule has 0 bridgehead atoms. The predicted molar refractivity (Wildman–Crippen MR) is 82.8 cm³/mol. The van der Waals surface area contributed by atoms with Crippen LogP contribution in [0.25, 0.3) is 0 Å². The number of nitrogens with zero attached hydrogens (tertiary/aromatic N) is 2. The van der Waals surface area contributed by atoms with Crippen LogP contribution in [0.1, 0.15) is 38.7 Å². The molecule has 5 nitrogen and oxygen atoms in total. The van der Waals surface area contributed by atoms with Crippen molar-refractivity contribution in [3.05, 3.63) is 36.2 Å². The highest BCUT2D eigenvalue weighted by molar-refractivity contribution is 5.56. The molecule has 112 valence electrons. The number of ether oxygens (including phenoxy) is 2. The van der Waals surface area contributed by atoms with Crippen molar-refractivity contribution in [2.24, 2.45) is 0 Å². The summed E-state index contributed by atoms with van der Waals surface area (Å²) in [6.07, 6.45) is 2.28. The van der Waals surface area contributed by atoms with Gasteiger partial charge in [0.15, 0.2) is 5.69 Å². The summed E-state index contributed by atoms with van der Waals surface area (Å²) < 4.78 is 11.2. The average Bonchev–Trinajstić information content (AvgIpc) is 2.48. The molecule has 0 saturated heterocycles. The van der Waals surface area contributed by atoms with Gasteiger partial charge in [-0.05, 0) is 30.0 Å². The van der Waals surface area contributed by atoms with Crippen LogP contribution >= 0.6 is 0 Å². The van der Waals surface area contributed by atoms with Gasteiger partial charge >= 0.3 is 0 Å². The largest absolute Gasteiger partial charge is 0.476 e. The molecule has 0 fully saturated rings. The van der Waals surface area contributed by atoms with Gasteiger partial charge in [-0.2, -0.15) is 9.97 Å². The molecule has 0 radical (unpaired) electrons. The van der Waals surface area contributed by atoms with Gasteiger partial charge in [-0.15, -0.1) is 0 Å². The zero-order valence-corrected chi connectivity index (χ0v) is 12.7. The maximum atomic E-state index is 5.99. The van der Waals surface area contributed by atoms with E-state index in [1.807, 2.05) is 25.1 Å². The third-order valence-corrected chi connectivity index (χ3v) is 2.99. The Labute approximate surface area is 125 Å². The zero-order chi connectivity index (χ0) is 15.2. The summed E-state index contributed by atoms with van der Waals surface area (Å²) >= 11 is 0. The Morgan fingerprint density at radius 1 is 1.19 bits per heavy atom. The molecule has 5 heteroatoms. The fourth-order valence-electron chi connectivity index (χ4n) is 1.81. The molecule has 0 spiro atoms. The fraction of sp³-hybridized carbons (Fsp3) is 0.375. The quantitative estimate of drug-likeness (QED) is 0.875. The molecule has 0 aliphatic rings. The van der Waals surface area contributed by atoms with E-state index in [2.05, 4.69) is 29.9 Å². The lowest BCUT2D eigenvalue weighted by atomic mass is 10.0. The number of aromatic nitrogens is 2. The molecule has 2 rings (SSSR count). The predicted octanol–water partition coefficient (Wildman–Crippen LogP) is 3.76. The number of nitrogens with two attached hydrogens (primary N) is 1. The van der Waals surface area contributed by atoms with Gasteiger partial charge in [0.1, 0.15) is 12.1 Å². The minimum atomic E-state index is 0.317. The normalized spacial score (nSPS) is 10.7. The summed E-state index contributed by atoms with van der Waals surface area (Å²) in [6, 6.07) is 7.88. The molecule has 1 aromatic heterocycles. The third kappa shape index (κ3) is 3.84. The molecular weight excluding hydrogens is 266 g/mol. The first-order valence-electron chi connectivity index (χ1n) is 7.13.